The first-order valence-corrected chi connectivity index (χ1v) is 6.74. The molecule has 0 radical (unpaired) electrons. The maximum absolute atomic E-state index is 13.4. The summed E-state index contributed by atoms with van der Waals surface area (Å²) in [5.74, 6) is -3.32. The molecule has 0 aliphatic heterocycles. The summed E-state index contributed by atoms with van der Waals surface area (Å²) in [4.78, 5) is 19.3. The number of thiazole rings is 1. The minimum Gasteiger partial charge on any atom is -0.298 e. The first kappa shape index (κ1) is 14.5. The largest absolute Gasteiger partial charge is 0.298 e. The normalized spacial score (nSPS) is 11.4. The highest BCUT2D eigenvalue weighted by Gasteiger charge is 2.20. The van der Waals surface area contributed by atoms with Crippen molar-refractivity contribution >= 4 is 22.4 Å². The smallest absolute Gasteiger partial charge is 0.260 e. The summed E-state index contributed by atoms with van der Waals surface area (Å²) in [7, 11) is 0. The van der Waals surface area contributed by atoms with Gasteiger partial charge in [-0.2, -0.15) is 4.39 Å². The number of nitrogens with zero attached hydrogens (tertiary/aromatic N) is 2. The monoisotopic (exact) mass is 297 g/mol. The second-order valence-corrected chi connectivity index (χ2v) is 6.06. The van der Waals surface area contributed by atoms with Crippen LogP contribution in [0.3, 0.4) is 0 Å². The standard InChI is InChI=1S/C13H13F2N3OS/c1-13(2,3)8-6-20-12(17-8)18-11(19)7-4-5-16-10(15)9(7)14/h4-6H,1-3H3,(H,17,18,19). The van der Waals surface area contributed by atoms with Crippen LogP contribution in [-0.2, 0) is 5.41 Å². The second kappa shape index (κ2) is 5.24. The molecule has 4 nitrogen and oxygen atoms in total. The van der Waals surface area contributed by atoms with Gasteiger partial charge in [0.1, 0.15) is 0 Å². The number of nitrogens with one attached hydrogen (secondary N) is 1. The SMILES string of the molecule is CC(C)(C)c1csc(NC(=O)c2ccnc(F)c2F)n1. The number of rotatable bonds is 2. The van der Waals surface area contributed by atoms with Crippen molar-refractivity contribution in [2.75, 3.05) is 5.32 Å². The number of hydrogen-bond acceptors (Lipinski definition) is 4. The molecule has 0 atom stereocenters. The van der Waals surface area contributed by atoms with Crippen LogP contribution in [-0.4, -0.2) is 15.9 Å². The molecular formula is C13H13F2N3OS. The Morgan fingerprint density at radius 2 is 2.05 bits per heavy atom. The lowest BCUT2D eigenvalue weighted by Gasteiger charge is -2.14. The van der Waals surface area contributed by atoms with Crippen molar-refractivity contribution in [2.45, 2.75) is 26.2 Å². The minimum absolute atomic E-state index is 0.145. The van der Waals surface area contributed by atoms with Crippen LogP contribution in [0.4, 0.5) is 13.9 Å². The number of anilines is 1. The van der Waals surface area contributed by atoms with Crippen LogP contribution in [0.1, 0.15) is 36.8 Å². The van der Waals surface area contributed by atoms with E-state index >= 15 is 0 Å². The summed E-state index contributed by atoms with van der Waals surface area (Å²) < 4.78 is 26.4. The van der Waals surface area contributed by atoms with Crippen molar-refractivity contribution < 1.29 is 13.6 Å². The molecule has 2 rings (SSSR count). The maximum atomic E-state index is 13.4. The van der Waals surface area contributed by atoms with Gasteiger partial charge in [0.15, 0.2) is 10.9 Å². The average molecular weight is 297 g/mol. The van der Waals surface area contributed by atoms with E-state index < -0.39 is 23.2 Å². The van der Waals surface area contributed by atoms with E-state index in [1.54, 1.807) is 0 Å². The van der Waals surface area contributed by atoms with Gasteiger partial charge in [-0.05, 0) is 6.07 Å². The van der Waals surface area contributed by atoms with Crippen molar-refractivity contribution in [3.8, 4) is 0 Å². The molecule has 0 aliphatic carbocycles. The number of pyridine rings is 1. The fourth-order valence-corrected chi connectivity index (χ4v) is 2.37. The molecule has 2 aromatic rings. The second-order valence-electron chi connectivity index (χ2n) is 5.21. The third-order valence-electron chi connectivity index (χ3n) is 2.58. The van der Waals surface area contributed by atoms with Crippen LogP contribution in [0, 0.1) is 11.8 Å². The first-order valence-electron chi connectivity index (χ1n) is 5.86. The summed E-state index contributed by atoms with van der Waals surface area (Å²) in [5, 5.41) is 4.62. The third kappa shape index (κ3) is 2.98. The number of carbonyl (C=O) groups excluding carboxylic acids is 1. The Morgan fingerprint density at radius 1 is 1.35 bits per heavy atom. The first-order chi connectivity index (χ1) is 9.29. The predicted molar refractivity (Wildman–Crippen MR) is 72.9 cm³/mol. The van der Waals surface area contributed by atoms with E-state index in [9.17, 15) is 13.6 Å². The fourth-order valence-electron chi connectivity index (χ4n) is 1.43. The molecule has 0 aromatic carbocycles. The molecule has 7 heteroatoms. The molecule has 0 fully saturated rings. The van der Waals surface area contributed by atoms with Gasteiger partial charge in [-0.15, -0.1) is 11.3 Å². The molecule has 20 heavy (non-hydrogen) atoms. The zero-order chi connectivity index (χ0) is 14.9. The van der Waals surface area contributed by atoms with Gasteiger partial charge in [0.05, 0.1) is 11.3 Å². The zero-order valence-electron chi connectivity index (χ0n) is 11.2. The molecule has 2 aromatic heterocycles. The van der Waals surface area contributed by atoms with Crippen molar-refractivity contribution in [3.05, 3.63) is 40.7 Å². The Morgan fingerprint density at radius 3 is 2.65 bits per heavy atom. The predicted octanol–water partition coefficient (Wildman–Crippen LogP) is 3.37. The third-order valence-corrected chi connectivity index (χ3v) is 3.34. The molecule has 0 saturated heterocycles. The Balaban J connectivity index is 2.20. The number of carbonyl (C=O) groups is 1. The molecule has 1 N–H and O–H groups in total. The van der Waals surface area contributed by atoms with Gasteiger partial charge < -0.3 is 0 Å². The minimum atomic E-state index is -1.30. The molecule has 0 unspecified atom stereocenters. The van der Waals surface area contributed by atoms with E-state index in [0.717, 1.165) is 18.0 Å². The van der Waals surface area contributed by atoms with Gasteiger partial charge >= 0.3 is 0 Å². The lowest BCUT2D eigenvalue weighted by atomic mass is 9.93. The Kier molecular flexibility index (Phi) is 3.80. The van der Waals surface area contributed by atoms with E-state index in [4.69, 9.17) is 0 Å². The molecular weight excluding hydrogens is 284 g/mol. The van der Waals surface area contributed by atoms with Gasteiger partial charge in [-0.25, -0.2) is 14.4 Å². The zero-order valence-corrected chi connectivity index (χ0v) is 12.0. The Hall–Kier alpha value is -1.89. The van der Waals surface area contributed by atoms with Gasteiger partial charge in [0, 0.05) is 17.0 Å². The van der Waals surface area contributed by atoms with E-state index in [1.165, 1.54) is 11.3 Å². The van der Waals surface area contributed by atoms with Gasteiger partial charge in [0.25, 0.3) is 5.91 Å². The summed E-state index contributed by atoms with van der Waals surface area (Å²) >= 11 is 1.23. The summed E-state index contributed by atoms with van der Waals surface area (Å²) in [6.07, 6.45) is 1.04. The van der Waals surface area contributed by atoms with E-state index in [1.807, 2.05) is 26.2 Å². The molecule has 0 bridgehead atoms. The van der Waals surface area contributed by atoms with E-state index in [2.05, 4.69) is 15.3 Å². The van der Waals surface area contributed by atoms with Gasteiger partial charge in [-0.3, -0.25) is 10.1 Å². The maximum Gasteiger partial charge on any atom is 0.260 e. The summed E-state index contributed by atoms with van der Waals surface area (Å²) in [5.41, 5.74) is 0.275. The van der Waals surface area contributed by atoms with Crippen LogP contribution in [0.5, 0.6) is 0 Å². The number of halogens is 2. The van der Waals surface area contributed by atoms with Crippen LogP contribution in [0.2, 0.25) is 0 Å². The number of hydrogen-bond donors (Lipinski definition) is 1. The highest BCUT2D eigenvalue weighted by Crippen LogP contribution is 2.26. The molecule has 0 spiro atoms. The molecule has 106 valence electrons. The Labute approximate surface area is 118 Å². The van der Waals surface area contributed by atoms with Crippen LogP contribution in [0.15, 0.2) is 17.6 Å². The molecule has 1 amide bonds. The molecule has 2 heterocycles. The number of amides is 1. The van der Waals surface area contributed by atoms with Crippen molar-refractivity contribution in [1.82, 2.24) is 9.97 Å². The van der Waals surface area contributed by atoms with Gasteiger partial charge in [-0.1, -0.05) is 20.8 Å². The average Bonchev–Trinajstić information content (AvgIpc) is 2.81. The van der Waals surface area contributed by atoms with E-state index in [0.29, 0.717) is 5.13 Å². The highest BCUT2D eigenvalue weighted by molar-refractivity contribution is 7.14. The topological polar surface area (TPSA) is 54.9 Å². The van der Waals surface area contributed by atoms with Crippen molar-refractivity contribution in [2.24, 2.45) is 0 Å². The van der Waals surface area contributed by atoms with Crippen LogP contribution < -0.4 is 5.32 Å². The van der Waals surface area contributed by atoms with Crippen molar-refractivity contribution in [3.63, 3.8) is 0 Å². The fraction of sp³-hybridized carbons (Fsp3) is 0.308. The van der Waals surface area contributed by atoms with Gasteiger partial charge in [0.2, 0.25) is 5.95 Å². The van der Waals surface area contributed by atoms with E-state index in [-0.39, 0.29) is 5.41 Å². The quantitative estimate of drug-likeness (QED) is 0.865. The molecule has 0 aliphatic rings. The molecule has 0 saturated carbocycles. The van der Waals surface area contributed by atoms with Crippen molar-refractivity contribution in [1.29, 1.82) is 0 Å². The van der Waals surface area contributed by atoms with Crippen LogP contribution >= 0.6 is 11.3 Å². The summed E-state index contributed by atoms with van der Waals surface area (Å²) in [6.45, 7) is 5.97. The lowest BCUT2D eigenvalue weighted by molar-refractivity contribution is 0.102. The Bertz CT molecular complexity index is 649. The van der Waals surface area contributed by atoms with Crippen LogP contribution in [0.25, 0.3) is 0 Å². The summed E-state index contributed by atoms with van der Waals surface area (Å²) in [6, 6.07) is 1.12. The number of aromatic nitrogens is 2. The highest BCUT2D eigenvalue weighted by atomic mass is 32.1. The lowest BCUT2D eigenvalue weighted by Crippen LogP contribution is -2.16.